The van der Waals surface area contributed by atoms with Crippen LogP contribution in [0.2, 0.25) is 0 Å². The molecular formula is C22H34N2S. The van der Waals surface area contributed by atoms with Crippen LogP contribution in [0.15, 0.2) is 18.2 Å². The van der Waals surface area contributed by atoms with Crippen molar-refractivity contribution >= 4 is 21.6 Å². The SMILES string of the molecule is CC[C@@H](C)CC[C@@H](C)c1ccc2sc([C@@H]3CCN(C)C[C@H]3C)nc2c1. The quantitative estimate of drug-likeness (QED) is 0.604. The maximum atomic E-state index is 5.07. The Morgan fingerprint density at radius 2 is 2.08 bits per heavy atom. The van der Waals surface area contributed by atoms with Crippen molar-refractivity contribution in [1.29, 1.82) is 0 Å². The summed E-state index contributed by atoms with van der Waals surface area (Å²) in [6.07, 6.45) is 5.14. The summed E-state index contributed by atoms with van der Waals surface area (Å²) in [4.78, 5) is 7.52. The van der Waals surface area contributed by atoms with E-state index < -0.39 is 0 Å². The second-order valence-corrected chi connectivity index (χ2v) is 9.47. The van der Waals surface area contributed by atoms with Crippen molar-refractivity contribution in [2.45, 2.75) is 65.2 Å². The highest BCUT2D eigenvalue weighted by Crippen LogP contribution is 2.37. The van der Waals surface area contributed by atoms with Gasteiger partial charge in [-0.3, -0.25) is 0 Å². The highest BCUT2D eigenvalue weighted by atomic mass is 32.1. The maximum absolute atomic E-state index is 5.07. The van der Waals surface area contributed by atoms with E-state index in [4.69, 9.17) is 4.98 Å². The molecule has 0 radical (unpaired) electrons. The minimum atomic E-state index is 0.630. The summed E-state index contributed by atoms with van der Waals surface area (Å²) in [7, 11) is 2.23. The number of aromatic nitrogens is 1. The summed E-state index contributed by atoms with van der Waals surface area (Å²) in [5, 5.41) is 1.36. The fraction of sp³-hybridized carbons (Fsp3) is 0.682. The number of piperidine rings is 1. The van der Waals surface area contributed by atoms with Gasteiger partial charge in [-0.2, -0.15) is 0 Å². The van der Waals surface area contributed by atoms with E-state index in [0.29, 0.717) is 17.8 Å². The van der Waals surface area contributed by atoms with E-state index in [1.165, 1.54) is 59.6 Å². The first-order valence-corrected chi connectivity index (χ1v) is 10.9. The normalized spacial score (nSPS) is 24.5. The fourth-order valence-electron chi connectivity index (χ4n) is 4.05. The largest absolute Gasteiger partial charge is 0.306 e. The highest BCUT2D eigenvalue weighted by molar-refractivity contribution is 7.18. The van der Waals surface area contributed by atoms with Crippen LogP contribution >= 0.6 is 11.3 Å². The van der Waals surface area contributed by atoms with Crippen molar-refractivity contribution < 1.29 is 0 Å². The van der Waals surface area contributed by atoms with Gasteiger partial charge in [-0.25, -0.2) is 4.98 Å². The third kappa shape index (κ3) is 4.43. The Kier molecular flexibility index (Phi) is 6.17. The zero-order valence-corrected chi connectivity index (χ0v) is 17.4. The summed E-state index contributed by atoms with van der Waals surface area (Å²) in [5.41, 5.74) is 2.68. The van der Waals surface area contributed by atoms with Gasteiger partial charge < -0.3 is 4.90 Å². The molecule has 0 spiro atoms. The summed E-state index contributed by atoms with van der Waals surface area (Å²) >= 11 is 1.92. The second-order valence-electron chi connectivity index (χ2n) is 8.41. The van der Waals surface area contributed by atoms with Gasteiger partial charge in [0.2, 0.25) is 0 Å². The van der Waals surface area contributed by atoms with Crippen molar-refractivity contribution in [3.8, 4) is 0 Å². The van der Waals surface area contributed by atoms with Crippen LogP contribution in [0.4, 0.5) is 0 Å². The Labute approximate surface area is 157 Å². The van der Waals surface area contributed by atoms with Crippen molar-refractivity contribution in [3.63, 3.8) is 0 Å². The van der Waals surface area contributed by atoms with Crippen LogP contribution in [0.5, 0.6) is 0 Å². The molecule has 1 saturated heterocycles. The number of thiazole rings is 1. The monoisotopic (exact) mass is 358 g/mol. The molecule has 1 aromatic heterocycles. The van der Waals surface area contributed by atoms with Gasteiger partial charge in [0.05, 0.1) is 15.2 Å². The first kappa shape index (κ1) is 18.8. The zero-order chi connectivity index (χ0) is 18.0. The molecule has 1 fully saturated rings. The van der Waals surface area contributed by atoms with Gasteiger partial charge in [-0.05, 0) is 61.9 Å². The molecule has 0 aliphatic carbocycles. The number of nitrogens with zero attached hydrogens (tertiary/aromatic N) is 2. The van der Waals surface area contributed by atoms with Crippen LogP contribution < -0.4 is 0 Å². The molecule has 0 amide bonds. The van der Waals surface area contributed by atoms with Crippen LogP contribution in [-0.4, -0.2) is 30.0 Å². The lowest BCUT2D eigenvalue weighted by Crippen LogP contribution is -2.35. The van der Waals surface area contributed by atoms with E-state index in [1.807, 2.05) is 11.3 Å². The third-order valence-electron chi connectivity index (χ3n) is 6.21. The van der Waals surface area contributed by atoms with Gasteiger partial charge in [-0.15, -0.1) is 11.3 Å². The molecule has 0 N–H and O–H groups in total. The Bertz CT molecular complexity index is 692. The molecule has 25 heavy (non-hydrogen) atoms. The van der Waals surface area contributed by atoms with E-state index in [0.717, 1.165) is 5.92 Å². The van der Waals surface area contributed by atoms with Crippen molar-refractivity contribution in [3.05, 3.63) is 28.8 Å². The first-order valence-electron chi connectivity index (χ1n) is 10.1. The number of rotatable bonds is 6. The second kappa shape index (κ2) is 8.18. The van der Waals surface area contributed by atoms with Gasteiger partial charge in [0, 0.05) is 12.5 Å². The van der Waals surface area contributed by atoms with Gasteiger partial charge in [0.15, 0.2) is 0 Å². The van der Waals surface area contributed by atoms with Crippen LogP contribution in [0.25, 0.3) is 10.2 Å². The topological polar surface area (TPSA) is 16.1 Å². The van der Waals surface area contributed by atoms with Gasteiger partial charge in [0.1, 0.15) is 0 Å². The summed E-state index contributed by atoms with van der Waals surface area (Å²) < 4.78 is 1.36. The number of hydrogen-bond donors (Lipinski definition) is 0. The molecule has 4 atom stereocenters. The molecule has 0 bridgehead atoms. The Hall–Kier alpha value is -0.930. The summed E-state index contributed by atoms with van der Waals surface area (Å²) in [6, 6.07) is 7.01. The van der Waals surface area contributed by atoms with E-state index in [9.17, 15) is 0 Å². The summed E-state index contributed by atoms with van der Waals surface area (Å²) in [5.74, 6) is 2.81. The fourth-order valence-corrected chi connectivity index (χ4v) is 5.27. The first-order chi connectivity index (χ1) is 12.0. The minimum absolute atomic E-state index is 0.630. The van der Waals surface area contributed by atoms with Crippen molar-refractivity contribution in [2.75, 3.05) is 20.1 Å². The molecule has 2 heterocycles. The molecule has 2 nitrogen and oxygen atoms in total. The Balaban J connectivity index is 1.75. The van der Waals surface area contributed by atoms with Gasteiger partial charge >= 0.3 is 0 Å². The van der Waals surface area contributed by atoms with E-state index in [-0.39, 0.29) is 0 Å². The molecule has 3 heteroatoms. The van der Waals surface area contributed by atoms with E-state index in [1.54, 1.807) is 0 Å². The average Bonchev–Trinajstić information content (AvgIpc) is 3.01. The lowest BCUT2D eigenvalue weighted by atomic mass is 9.87. The zero-order valence-electron chi connectivity index (χ0n) is 16.6. The lowest BCUT2D eigenvalue weighted by Gasteiger charge is -2.33. The molecule has 1 aliphatic heterocycles. The number of likely N-dealkylation sites (tertiary alicyclic amines) is 1. The average molecular weight is 359 g/mol. The molecule has 0 unspecified atom stereocenters. The predicted molar refractivity (Wildman–Crippen MR) is 111 cm³/mol. The molecule has 3 rings (SSSR count). The summed E-state index contributed by atoms with van der Waals surface area (Å²) in [6.45, 7) is 11.8. The minimum Gasteiger partial charge on any atom is -0.306 e. The number of benzene rings is 1. The standard InChI is InChI=1S/C22H34N2S/c1-6-15(2)7-8-16(3)18-9-10-21-20(13-18)23-22(25-21)19-11-12-24(5)14-17(19)4/h9-10,13,15-17,19H,6-8,11-12,14H2,1-5H3/t15-,16-,17-,19-/m1/s1. The molecule has 2 aromatic rings. The highest BCUT2D eigenvalue weighted by Gasteiger charge is 2.28. The molecule has 1 aromatic carbocycles. The van der Waals surface area contributed by atoms with Crippen LogP contribution in [0.3, 0.4) is 0 Å². The van der Waals surface area contributed by atoms with E-state index in [2.05, 4.69) is 57.8 Å². The Morgan fingerprint density at radius 1 is 1.28 bits per heavy atom. The van der Waals surface area contributed by atoms with Crippen LogP contribution in [0, 0.1) is 11.8 Å². The smallest absolute Gasteiger partial charge is 0.0973 e. The number of hydrogen-bond acceptors (Lipinski definition) is 3. The predicted octanol–water partition coefficient (Wildman–Crippen LogP) is 6.28. The van der Waals surface area contributed by atoms with Gasteiger partial charge in [-0.1, -0.05) is 46.6 Å². The number of fused-ring (bicyclic) bond motifs is 1. The van der Waals surface area contributed by atoms with Crippen LogP contribution in [0.1, 0.15) is 75.8 Å². The molecule has 1 aliphatic rings. The molecule has 138 valence electrons. The van der Waals surface area contributed by atoms with E-state index >= 15 is 0 Å². The maximum Gasteiger partial charge on any atom is 0.0973 e. The van der Waals surface area contributed by atoms with Crippen molar-refractivity contribution in [1.82, 2.24) is 9.88 Å². The lowest BCUT2D eigenvalue weighted by molar-refractivity contribution is 0.195. The molecule has 0 saturated carbocycles. The third-order valence-corrected chi connectivity index (χ3v) is 7.38. The van der Waals surface area contributed by atoms with Crippen LogP contribution in [-0.2, 0) is 0 Å². The molecular weight excluding hydrogens is 324 g/mol. The van der Waals surface area contributed by atoms with Crippen molar-refractivity contribution in [2.24, 2.45) is 11.8 Å². The Morgan fingerprint density at radius 3 is 2.80 bits per heavy atom. The van der Waals surface area contributed by atoms with Gasteiger partial charge in [0.25, 0.3) is 0 Å².